The molecule has 2 aliphatic rings. The molecule has 0 bridgehead atoms. The summed E-state index contributed by atoms with van der Waals surface area (Å²) < 4.78 is 2.29. The second kappa shape index (κ2) is 5.17. The first kappa shape index (κ1) is 13.9. The molecule has 1 aliphatic carbocycles. The highest BCUT2D eigenvalue weighted by atomic mass is 16.3. The molecule has 22 heavy (non-hydrogen) atoms. The molecule has 0 amide bonds. The number of anilines is 1. The Balaban J connectivity index is 1.71. The number of rotatable bonds is 2. The summed E-state index contributed by atoms with van der Waals surface area (Å²) in [5, 5.41) is 14.1. The average Bonchev–Trinajstić information content (AvgIpc) is 3.01. The Kier molecular flexibility index (Phi) is 3.26. The topological polar surface area (TPSA) is 37.2 Å². The summed E-state index contributed by atoms with van der Waals surface area (Å²) in [4.78, 5) is 0. The fourth-order valence-corrected chi connectivity index (χ4v) is 4.30. The van der Waals surface area contributed by atoms with Gasteiger partial charge in [0.15, 0.2) is 0 Å². The highest BCUT2D eigenvalue weighted by molar-refractivity contribution is 5.66. The van der Waals surface area contributed by atoms with Gasteiger partial charge in [0.1, 0.15) is 0 Å². The lowest BCUT2D eigenvalue weighted by Gasteiger charge is -2.42. The molecule has 3 nitrogen and oxygen atoms in total. The Morgan fingerprint density at radius 1 is 1.18 bits per heavy atom. The van der Waals surface area contributed by atoms with Crippen LogP contribution >= 0.6 is 0 Å². The van der Waals surface area contributed by atoms with E-state index in [9.17, 15) is 5.11 Å². The van der Waals surface area contributed by atoms with E-state index in [2.05, 4.69) is 59.4 Å². The highest BCUT2D eigenvalue weighted by Crippen LogP contribution is 2.43. The number of aromatic nitrogens is 1. The third kappa shape index (κ3) is 2.15. The Bertz CT molecular complexity index is 678. The number of fused-ring (bicyclic) bond motifs is 3. The van der Waals surface area contributed by atoms with Crippen molar-refractivity contribution in [3.63, 3.8) is 0 Å². The van der Waals surface area contributed by atoms with Gasteiger partial charge in [-0.05, 0) is 56.4 Å². The van der Waals surface area contributed by atoms with Gasteiger partial charge in [-0.1, -0.05) is 25.0 Å². The first-order chi connectivity index (χ1) is 10.7. The smallest absolute Gasteiger partial charge is 0.0755 e. The van der Waals surface area contributed by atoms with Gasteiger partial charge in [-0.3, -0.25) is 0 Å². The second-order valence-corrected chi connectivity index (χ2v) is 7.05. The molecule has 3 atom stereocenters. The van der Waals surface area contributed by atoms with E-state index >= 15 is 0 Å². The minimum Gasteiger partial charge on any atom is -0.393 e. The maximum absolute atomic E-state index is 10.4. The summed E-state index contributed by atoms with van der Waals surface area (Å²) in [5.41, 5.74) is 3.56. The summed E-state index contributed by atoms with van der Waals surface area (Å²) >= 11 is 0. The van der Waals surface area contributed by atoms with Gasteiger partial charge in [0, 0.05) is 11.9 Å². The summed E-state index contributed by atoms with van der Waals surface area (Å²) in [5.74, 6) is 0.389. The summed E-state index contributed by atoms with van der Waals surface area (Å²) in [6.07, 6.45) is 7.49. The molecule has 1 aromatic carbocycles. The van der Waals surface area contributed by atoms with Crippen molar-refractivity contribution in [2.24, 2.45) is 5.92 Å². The van der Waals surface area contributed by atoms with Crippen LogP contribution in [0.25, 0.3) is 5.69 Å². The Morgan fingerprint density at radius 2 is 2.00 bits per heavy atom. The van der Waals surface area contributed by atoms with E-state index in [1.54, 1.807) is 0 Å². The monoisotopic (exact) mass is 296 g/mol. The Labute approximate surface area is 132 Å². The first-order valence-corrected chi connectivity index (χ1v) is 8.41. The Hall–Kier alpha value is -1.74. The van der Waals surface area contributed by atoms with Crippen molar-refractivity contribution in [1.82, 2.24) is 4.57 Å². The highest BCUT2D eigenvalue weighted by Gasteiger charge is 2.38. The molecule has 1 saturated carbocycles. The van der Waals surface area contributed by atoms with Crippen LogP contribution in [0.5, 0.6) is 0 Å². The summed E-state index contributed by atoms with van der Waals surface area (Å²) in [6.45, 7) is 2.27. The third-order valence-corrected chi connectivity index (χ3v) is 5.43. The van der Waals surface area contributed by atoms with Gasteiger partial charge in [-0.25, -0.2) is 0 Å². The van der Waals surface area contributed by atoms with Crippen LogP contribution in [-0.4, -0.2) is 15.8 Å². The van der Waals surface area contributed by atoms with Gasteiger partial charge in [0.05, 0.1) is 23.0 Å². The van der Waals surface area contributed by atoms with E-state index in [0.29, 0.717) is 5.92 Å². The zero-order chi connectivity index (χ0) is 15.2. The molecular formula is C19H24N2O. The predicted molar refractivity (Wildman–Crippen MR) is 89.3 cm³/mol. The summed E-state index contributed by atoms with van der Waals surface area (Å²) in [7, 11) is 0. The van der Waals surface area contributed by atoms with Crippen LogP contribution in [0.4, 0.5) is 5.69 Å². The zero-order valence-corrected chi connectivity index (χ0v) is 13.1. The lowest BCUT2D eigenvalue weighted by atomic mass is 9.76. The number of benzene rings is 1. The number of nitrogens with one attached hydrogen (secondary N) is 1. The molecule has 0 unspecified atom stereocenters. The lowest BCUT2D eigenvalue weighted by molar-refractivity contribution is 0.0547. The fraction of sp³-hybridized carbons (Fsp3) is 0.474. The van der Waals surface area contributed by atoms with Crippen LogP contribution in [0.3, 0.4) is 0 Å². The molecule has 1 aromatic heterocycles. The minimum absolute atomic E-state index is 0.124. The van der Waals surface area contributed by atoms with Crippen LogP contribution in [0.15, 0.2) is 42.6 Å². The van der Waals surface area contributed by atoms with Gasteiger partial charge in [0.2, 0.25) is 0 Å². The molecule has 0 spiro atoms. The third-order valence-electron chi connectivity index (χ3n) is 5.43. The van der Waals surface area contributed by atoms with Crippen molar-refractivity contribution in [1.29, 1.82) is 0 Å². The lowest BCUT2D eigenvalue weighted by Crippen LogP contribution is -2.42. The van der Waals surface area contributed by atoms with Crippen molar-refractivity contribution in [2.75, 3.05) is 5.32 Å². The maximum Gasteiger partial charge on any atom is 0.0755 e. The fourth-order valence-electron chi connectivity index (χ4n) is 4.30. The van der Waals surface area contributed by atoms with Crippen molar-refractivity contribution < 1.29 is 5.11 Å². The molecule has 116 valence electrons. The van der Waals surface area contributed by atoms with E-state index in [0.717, 1.165) is 19.3 Å². The van der Waals surface area contributed by atoms with E-state index in [4.69, 9.17) is 0 Å². The number of nitrogens with zero attached hydrogens (tertiary/aromatic N) is 1. The number of aliphatic hydroxyl groups excluding tert-OH is 1. The normalized spacial score (nSPS) is 30.3. The van der Waals surface area contributed by atoms with Gasteiger partial charge in [0.25, 0.3) is 0 Å². The molecule has 2 N–H and O–H groups in total. The quantitative estimate of drug-likeness (QED) is 0.877. The molecule has 0 saturated heterocycles. The maximum atomic E-state index is 10.4. The van der Waals surface area contributed by atoms with Gasteiger partial charge in [-0.2, -0.15) is 0 Å². The van der Waals surface area contributed by atoms with E-state index in [1.807, 2.05) is 0 Å². The van der Waals surface area contributed by atoms with Crippen LogP contribution in [0.2, 0.25) is 0 Å². The molecule has 4 rings (SSSR count). The van der Waals surface area contributed by atoms with Gasteiger partial charge < -0.3 is 15.0 Å². The molecule has 2 aromatic rings. The number of para-hydroxylation sites is 2. The first-order valence-electron chi connectivity index (χ1n) is 8.41. The molecular weight excluding hydrogens is 272 g/mol. The Morgan fingerprint density at radius 3 is 2.86 bits per heavy atom. The van der Waals surface area contributed by atoms with Crippen molar-refractivity contribution in [3.05, 3.63) is 48.3 Å². The van der Waals surface area contributed by atoms with Gasteiger partial charge >= 0.3 is 0 Å². The van der Waals surface area contributed by atoms with E-state index in [1.165, 1.54) is 29.9 Å². The van der Waals surface area contributed by atoms with Gasteiger partial charge in [-0.15, -0.1) is 0 Å². The summed E-state index contributed by atoms with van der Waals surface area (Å²) in [6, 6.07) is 12.8. The number of hydrogen-bond acceptors (Lipinski definition) is 2. The zero-order valence-electron chi connectivity index (χ0n) is 13.1. The number of hydrogen-bond donors (Lipinski definition) is 2. The van der Waals surface area contributed by atoms with Crippen LogP contribution < -0.4 is 5.32 Å². The van der Waals surface area contributed by atoms with Crippen molar-refractivity contribution in [2.45, 2.75) is 50.7 Å². The molecule has 3 heteroatoms. The van der Waals surface area contributed by atoms with Crippen LogP contribution in [0.1, 0.15) is 44.7 Å². The predicted octanol–water partition coefficient (Wildman–Crippen LogP) is 4.06. The van der Waals surface area contributed by atoms with Crippen LogP contribution in [-0.2, 0) is 5.54 Å². The standard InChI is InChI=1S/C19H24N2O/c1-19(13-14-7-2-5-10-17(14)22)18-11-6-12-21(18)16-9-4-3-8-15(16)20-19/h3-4,6,8-9,11-12,14,17,20,22H,2,5,7,10,13H2,1H3/t14-,17+,19+/m1/s1. The molecule has 1 aliphatic heterocycles. The molecule has 0 radical (unpaired) electrons. The van der Waals surface area contributed by atoms with Crippen molar-refractivity contribution in [3.8, 4) is 5.69 Å². The van der Waals surface area contributed by atoms with Crippen LogP contribution in [0, 0.1) is 5.92 Å². The largest absolute Gasteiger partial charge is 0.393 e. The minimum atomic E-state index is -0.145. The van der Waals surface area contributed by atoms with E-state index in [-0.39, 0.29) is 11.6 Å². The molecule has 1 fully saturated rings. The van der Waals surface area contributed by atoms with E-state index < -0.39 is 0 Å². The second-order valence-electron chi connectivity index (χ2n) is 7.05. The van der Waals surface area contributed by atoms with Crippen molar-refractivity contribution >= 4 is 5.69 Å². The average molecular weight is 296 g/mol. The molecule has 2 heterocycles. The SMILES string of the molecule is C[C@@]1(C[C@H]2CCCC[C@@H]2O)Nc2ccccc2-n2cccc21. The number of aliphatic hydroxyl groups is 1.